The minimum Gasteiger partial charge on any atom is -0.493 e. The number of anilines is 1. The predicted molar refractivity (Wildman–Crippen MR) is 110 cm³/mol. The average Bonchev–Trinajstić information content (AvgIpc) is 2.70. The molecule has 0 fully saturated rings. The van der Waals surface area contributed by atoms with Crippen molar-refractivity contribution in [3.63, 3.8) is 0 Å². The van der Waals surface area contributed by atoms with Crippen LogP contribution in [-0.4, -0.2) is 42.8 Å². The molecular weight excluding hydrogens is 372 g/mol. The van der Waals surface area contributed by atoms with E-state index in [1.807, 2.05) is 25.1 Å². The molecule has 29 heavy (non-hydrogen) atoms. The standard InChI is InChI=1S/C22H26N2O5/c1-5-24(16(3)26)13-17-7-6-8-19(11-17)23-22(27)14-29-20-10-9-18(15(2)25)12-21(20)28-4/h6-12H,5,13-14H2,1-4H3,(H,23,27). The Kier molecular flexibility index (Phi) is 7.77. The topological polar surface area (TPSA) is 84.9 Å². The first-order valence-electron chi connectivity index (χ1n) is 9.30. The van der Waals surface area contributed by atoms with E-state index in [-0.39, 0.29) is 24.2 Å². The van der Waals surface area contributed by atoms with Crippen molar-refractivity contribution < 1.29 is 23.9 Å². The average molecular weight is 398 g/mol. The third-order valence-electron chi connectivity index (χ3n) is 4.34. The number of ketones is 1. The molecule has 0 unspecified atom stereocenters. The number of Topliss-reactive ketones (excluding diaryl/α,β-unsaturated/α-hetero) is 1. The number of rotatable bonds is 9. The van der Waals surface area contributed by atoms with Gasteiger partial charge >= 0.3 is 0 Å². The van der Waals surface area contributed by atoms with Crippen molar-refractivity contribution in [3.8, 4) is 11.5 Å². The zero-order valence-electron chi connectivity index (χ0n) is 17.2. The Morgan fingerprint density at radius 3 is 2.41 bits per heavy atom. The fraction of sp³-hybridized carbons (Fsp3) is 0.318. The molecule has 0 aliphatic rings. The van der Waals surface area contributed by atoms with Gasteiger partial charge in [0, 0.05) is 31.3 Å². The van der Waals surface area contributed by atoms with E-state index in [0.717, 1.165) is 5.56 Å². The number of methoxy groups -OCH3 is 1. The second-order valence-electron chi connectivity index (χ2n) is 6.49. The van der Waals surface area contributed by atoms with Crippen LogP contribution in [0.15, 0.2) is 42.5 Å². The van der Waals surface area contributed by atoms with Gasteiger partial charge in [-0.15, -0.1) is 0 Å². The third-order valence-corrected chi connectivity index (χ3v) is 4.34. The molecule has 154 valence electrons. The Hall–Kier alpha value is -3.35. The molecule has 2 amide bonds. The van der Waals surface area contributed by atoms with Crippen LogP contribution in [0.3, 0.4) is 0 Å². The van der Waals surface area contributed by atoms with Gasteiger partial charge in [-0.05, 0) is 49.7 Å². The summed E-state index contributed by atoms with van der Waals surface area (Å²) in [6, 6.07) is 12.1. The van der Waals surface area contributed by atoms with Gasteiger partial charge in [0.25, 0.3) is 5.91 Å². The summed E-state index contributed by atoms with van der Waals surface area (Å²) in [4.78, 5) is 37.0. The highest BCUT2D eigenvalue weighted by Gasteiger charge is 2.12. The van der Waals surface area contributed by atoms with E-state index < -0.39 is 0 Å². The Labute approximate surface area is 170 Å². The van der Waals surface area contributed by atoms with Crippen LogP contribution in [0.25, 0.3) is 0 Å². The summed E-state index contributed by atoms with van der Waals surface area (Å²) < 4.78 is 10.8. The van der Waals surface area contributed by atoms with Crippen LogP contribution in [0, 0.1) is 0 Å². The molecule has 0 bridgehead atoms. The molecule has 0 spiro atoms. The van der Waals surface area contributed by atoms with Gasteiger partial charge in [0.05, 0.1) is 7.11 Å². The normalized spacial score (nSPS) is 10.2. The summed E-state index contributed by atoms with van der Waals surface area (Å²) in [6.45, 7) is 5.79. The van der Waals surface area contributed by atoms with Gasteiger partial charge in [-0.2, -0.15) is 0 Å². The molecule has 7 heteroatoms. The third kappa shape index (κ3) is 6.34. The Bertz CT molecular complexity index is 895. The lowest BCUT2D eigenvalue weighted by Crippen LogP contribution is -2.27. The van der Waals surface area contributed by atoms with Crippen LogP contribution < -0.4 is 14.8 Å². The van der Waals surface area contributed by atoms with Gasteiger partial charge in [-0.1, -0.05) is 12.1 Å². The van der Waals surface area contributed by atoms with Crippen molar-refractivity contribution in [2.24, 2.45) is 0 Å². The van der Waals surface area contributed by atoms with E-state index in [4.69, 9.17) is 9.47 Å². The summed E-state index contributed by atoms with van der Waals surface area (Å²) in [7, 11) is 1.47. The van der Waals surface area contributed by atoms with E-state index >= 15 is 0 Å². The molecular formula is C22H26N2O5. The number of carbonyl (C=O) groups is 3. The monoisotopic (exact) mass is 398 g/mol. The number of carbonyl (C=O) groups excluding carboxylic acids is 3. The van der Waals surface area contributed by atoms with E-state index in [1.54, 1.807) is 29.2 Å². The van der Waals surface area contributed by atoms with E-state index in [9.17, 15) is 14.4 Å². The Balaban J connectivity index is 1.98. The molecule has 0 saturated carbocycles. The van der Waals surface area contributed by atoms with Crippen LogP contribution in [0.4, 0.5) is 5.69 Å². The summed E-state index contributed by atoms with van der Waals surface area (Å²) in [5.74, 6) is 0.343. The maximum absolute atomic E-state index is 12.3. The highest BCUT2D eigenvalue weighted by molar-refractivity contribution is 5.95. The number of nitrogens with zero attached hydrogens (tertiary/aromatic N) is 1. The molecule has 0 aromatic heterocycles. The van der Waals surface area contributed by atoms with Gasteiger partial charge in [-0.3, -0.25) is 14.4 Å². The predicted octanol–water partition coefficient (Wildman–Crippen LogP) is 3.28. The molecule has 2 rings (SSSR count). The van der Waals surface area contributed by atoms with Crippen LogP contribution in [0.5, 0.6) is 11.5 Å². The molecule has 0 aliphatic heterocycles. The lowest BCUT2D eigenvalue weighted by atomic mass is 10.1. The van der Waals surface area contributed by atoms with E-state index in [2.05, 4.69) is 5.32 Å². The Morgan fingerprint density at radius 1 is 1.03 bits per heavy atom. The summed E-state index contributed by atoms with van der Waals surface area (Å²) in [5.41, 5.74) is 2.04. The van der Waals surface area contributed by atoms with Crippen molar-refractivity contribution in [1.82, 2.24) is 4.90 Å². The fourth-order valence-corrected chi connectivity index (χ4v) is 2.76. The first-order chi connectivity index (χ1) is 13.8. The lowest BCUT2D eigenvalue weighted by Gasteiger charge is -2.19. The second kappa shape index (κ2) is 10.3. The largest absolute Gasteiger partial charge is 0.493 e. The van der Waals surface area contributed by atoms with E-state index in [1.165, 1.54) is 21.0 Å². The summed E-state index contributed by atoms with van der Waals surface area (Å²) in [6.07, 6.45) is 0. The molecule has 2 aromatic carbocycles. The van der Waals surface area contributed by atoms with Crippen molar-refractivity contribution in [3.05, 3.63) is 53.6 Å². The molecule has 0 aliphatic carbocycles. The molecule has 1 N–H and O–H groups in total. The zero-order chi connectivity index (χ0) is 21.4. The van der Waals surface area contributed by atoms with Gasteiger partial charge in [-0.25, -0.2) is 0 Å². The fourth-order valence-electron chi connectivity index (χ4n) is 2.76. The Morgan fingerprint density at radius 2 is 1.79 bits per heavy atom. The molecule has 2 aromatic rings. The van der Waals surface area contributed by atoms with Crippen molar-refractivity contribution in [2.45, 2.75) is 27.3 Å². The second-order valence-corrected chi connectivity index (χ2v) is 6.49. The minimum atomic E-state index is -0.334. The SMILES string of the molecule is CCN(Cc1cccc(NC(=O)COc2ccc(C(C)=O)cc2OC)c1)C(C)=O. The minimum absolute atomic E-state index is 0.0000718. The quantitative estimate of drug-likeness (QED) is 0.655. The number of amides is 2. The van der Waals surface area contributed by atoms with Crippen LogP contribution >= 0.6 is 0 Å². The van der Waals surface area contributed by atoms with Gasteiger partial charge in [0.15, 0.2) is 23.9 Å². The molecule has 7 nitrogen and oxygen atoms in total. The van der Waals surface area contributed by atoms with E-state index in [0.29, 0.717) is 35.8 Å². The number of ether oxygens (including phenoxy) is 2. The number of hydrogen-bond acceptors (Lipinski definition) is 5. The first-order valence-corrected chi connectivity index (χ1v) is 9.30. The summed E-state index contributed by atoms with van der Waals surface area (Å²) in [5, 5.41) is 2.78. The zero-order valence-corrected chi connectivity index (χ0v) is 17.2. The molecule has 0 saturated heterocycles. The van der Waals surface area contributed by atoms with Crippen LogP contribution in [-0.2, 0) is 16.1 Å². The maximum Gasteiger partial charge on any atom is 0.262 e. The van der Waals surface area contributed by atoms with Crippen LogP contribution in [0.1, 0.15) is 36.7 Å². The van der Waals surface area contributed by atoms with Crippen LogP contribution in [0.2, 0.25) is 0 Å². The number of benzene rings is 2. The lowest BCUT2D eigenvalue weighted by molar-refractivity contribution is -0.129. The number of hydrogen-bond donors (Lipinski definition) is 1. The first kappa shape index (κ1) is 21.9. The molecule has 0 radical (unpaired) electrons. The van der Waals surface area contributed by atoms with Crippen molar-refractivity contribution in [1.29, 1.82) is 0 Å². The smallest absolute Gasteiger partial charge is 0.262 e. The molecule has 0 atom stereocenters. The molecule has 0 heterocycles. The van der Waals surface area contributed by atoms with Crippen molar-refractivity contribution >= 4 is 23.3 Å². The van der Waals surface area contributed by atoms with Crippen molar-refractivity contribution in [2.75, 3.05) is 25.6 Å². The van der Waals surface area contributed by atoms with Gasteiger partial charge in [0.2, 0.25) is 5.91 Å². The highest BCUT2D eigenvalue weighted by atomic mass is 16.5. The maximum atomic E-state index is 12.3. The summed E-state index contributed by atoms with van der Waals surface area (Å²) >= 11 is 0. The van der Waals surface area contributed by atoms with Gasteiger partial charge < -0.3 is 19.7 Å². The highest BCUT2D eigenvalue weighted by Crippen LogP contribution is 2.28. The number of nitrogens with one attached hydrogen (secondary N) is 1. The van der Waals surface area contributed by atoms with Gasteiger partial charge in [0.1, 0.15) is 0 Å².